The van der Waals surface area contributed by atoms with Crippen LogP contribution in [0.4, 0.5) is 4.39 Å². The van der Waals surface area contributed by atoms with E-state index in [0.717, 1.165) is 16.7 Å². The summed E-state index contributed by atoms with van der Waals surface area (Å²) in [5.41, 5.74) is 13.9. The summed E-state index contributed by atoms with van der Waals surface area (Å²) in [6.45, 7) is 0. The van der Waals surface area contributed by atoms with Gasteiger partial charge in [-0.3, -0.25) is 4.79 Å². The van der Waals surface area contributed by atoms with Gasteiger partial charge < -0.3 is 11.5 Å². The van der Waals surface area contributed by atoms with Crippen LogP contribution in [0.25, 0.3) is 5.57 Å². The zero-order valence-corrected chi connectivity index (χ0v) is 12.4. The van der Waals surface area contributed by atoms with Gasteiger partial charge in [-0.25, -0.2) is 4.39 Å². The topological polar surface area (TPSA) is 81.5 Å². The number of halogens is 1. The first kappa shape index (κ1) is 15.0. The standard InChI is InChI=1S/C18H16FN3O/c19-15-9-8-11-6-7-13(17(23)22-18(20)21)10-14(11)16(15)12-4-2-1-3-5-12/h1-7,10H,8-9H2,(H4,20,21,22,23). The molecule has 0 unspecified atom stereocenters. The van der Waals surface area contributed by atoms with Gasteiger partial charge in [-0.15, -0.1) is 0 Å². The zero-order chi connectivity index (χ0) is 16.4. The second-order valence-corrected chi connectivity index (χ2v) is 5.36. The summed E-state index contributed by atoms with van der Waals surface area (Å²) in [6.07, 6.45) is 0.965. The molecule has 1 aliphatic carbocycles. The molecule has 116 valence electrons. The van der Waals surface area contributed by atoms with Crippen LogP contribution in [-0.4, -0.2) is 11.9 Å². The Morgan fingerprint density at radius 3 is 2.48 bits per heavy atom. The summed E-state index contributed by atoms with van der Waals surface area (Å²) < 4.78 is 14.5. The van der Waals surface area contributed by atoms with E-state index in [2.05, 4.69) is 4.99 Å². The third kappa shape index (κ3) is 2.99. The predicted octanol–water partition coefficient (Wildman–Crippen LogP) is 2.78. The summed E-state index contributed by atoms with van der Waals surface area (Å²) >= 11 is 0. The molecule has 4 nitrogen and oxygen atoms in total. The average molecular weight is 309 g/mol. The molecule has 3 rings (SSSR count). The number of carbonyl (C=O) groups is 1. The van der Waals surface area contributed by atoms with Gasteiger partial charge in [0, 0.05) is 17.6 Å². The average Bonchev–Trinajstić information content (AvgIpc) is 2.54. The van der Waals surface area contributed by atoms with E-state index in [1.807, 2.05) is 36.4 Å². The van der Waals surface area contributed by atoms with E-state index < -0.39 is 5.91 Å². The number of carbonyl (C=O) groups excluding carboxylic acids is 1. The van der Waals surface area contributed by atoms with Gasteiger partial charge in [0.25, 0.3) is 5.91 Å². The Kier molecular flexibility index (Phi) is 3.93. The number of hydrogen-bond acceptors (Lipinski definition) is 1. The largest absolute Gasteiger partial charge is 0.370 e. The second kappa shape index (κ2) is 6.04. The van der Waals surface area contributed by atoms with Crippen molar-refractivity contribution in [2.75, 3.05) is 0 Å². The van der Waals surface area contributed by atoms with Crippen LogP contribution >= 0.6 is 0 Å². The van der Waals surface area contributed by atoms with Crippen LogP contribution in [0.1, 0.15) is 33.5 Å². The van der Waals surface area contributed by atoms with Gasteiger partial charge in [0.15, 0.2) is 5.96 Å². The van der Waals surface area contributed by atoms with Crippen molar-refractivity contribution in [3.05, 3.63) is 76.6 Å². The molecule has 0 fully saturated rings. The maximum Gasteiger partial charge on any atom is 0.280 e. The fourth-order valence-electron chi connectivity index (χ4n) is 2.77. The lowest BCUT2D eigenvalue weighted by Crippen LogP contribution is -2.24. The molecule has 2 aromatic rings. The molecule has 0 radical (unpaired) electrons. The first-order chi connectivity index (χ1) is 11.1. The van der Waals surface area contributed by atoms with Gasteiger partial charge in [-0.1, -0.05) is 36.4 Å². The molecule has 1 amide bonds. The summed E-state index contributed by atoms with van der Waals surface area (Å²) in [6, 6.07) is 14.5. The van der Waals surface area contributed by atoms with Crippen LogP contribution in [0.15, 0.2) is 59.4 Å². The molecule has 1 aliphatic rings. The van der Waals surface area contributed by atoms with Gasteiger partial charge in [0.05, 0.1) is 0 Å². The second-order valence-electron chi connectivity index (χ2n) is 5.36. The summed E-state index contributed by atoms with van der Waals surface area (Å²) in [7, 11) is 0. The van der Waals surface area contributed by atoms with Crippen molar-refractivity contribution in [2.24, 2.45) is 16.5 Å². The molecule has 0 atom stereocenters. The van der Waals surface area contributed by atoms with E-state index in [-0.39, 0.29) is 11.8 Å². The highest BCUT2D eigenvalue weighted by Crippen LogP contribution is 2.37. The number of benzene rings is 2. The minimum Gasteiger partial charge on any atom is -0.370 e. The molecule has 23 heavy (non-hydrogen) atoms. The molecule has 0 bridgehead atoms. The number of hydrogen-bond donors (Lipinski definition) is 2. The zero-order valence-electron chi connectivity index (χ0n) is 12.4. The normalized spacial score (nSPS) is 13.4. The first-order valence-electron chi connectivity index (χ1n) is 7.27. The lowest BCUT2D eigenvalue weighted by atomic mass is 9.85. The Labute approximate surface area is 133 Å². The highest BCUT2D eigenvalue weighted by Gasteiger charge is 2.22. The third-order valence-corrected chi connectivity index (χ3v) is 3.80. The van der Waals surface area contributed by atoms with Crippen LogP contribution in [0.5, 0.6) is 0 Å². The smallest absolute Gasteiger partial charge is 0.280 e. The molecule has 0 saturated carbocycles. The Balaban J connectivity index is 2.12. The van der Waals surface area contributed by atoms with Gasteiger partial charge in [-0.2, -0.15) is 4.99 Å². The molecule has 2 aromatic carbocycles. The number of rotatable bonds is 2. The number of fused-ring (bicyclic) bond motifs is 1. The minimum absolute atomic E-state index is 0.171. The molecule has 5 heteroatoms. The quantitative estimate of drug-likeness (QED) is 0.661. The highest BCUT2D eigenvalue weighted by molar-refractivity contribution is 6.02. The minimum atomic E-state index is -0.536. The number of aliphatic imine (C=N–C) groups is 1. The van der Waals surface area contributed by atoms with E-state index in [1.54, 1.807) is 12.1 Å². The molecule has 4 N–H and O–H groups in total. The van der Waals surface area contributed by atoms with Gasteiger partial charge >= 0.3 is 0 Å². The van der Waals surface area contributed by atoms with E-state index in [1.165, 1.54) is 0 Å². The van der Waals surface area contributed by atoms with Crippen molar-refractivity contribution >= 4 is 17.4 Å². The van der Waals surface area contributed by atoms with Gasteiger partial charge in [-0.05, 0) is 35.2 Å². The molecular weight excluding hydrogens is 293 g/mol. The van der Waals surface area contributed by atoms with Crippen LogP contribution in [0.3, 0.4) is 0 Å². The summed E-state index contributed by atoms with van der Waals surface area (Å²) in [4.78, 5) is 15.5. The van der Waals surface area contributed by atoms with Gasteiger partial charge in [0.1, 0.15) is 5.83 Å². The lowest BCUT2D eigenvalue weighted by molar-refractivity contribution is 0.100. The SMILES string of the molecule is NC(N)=NC(=O)c1ccc2c(c1)C(c1ccccc1)=C(F)CC2. The number of amides is 1. The molecule has 0 aromatic heterocycles. The number of nitrogens with two attached hydrogens (primary N) is 2. The van der Waals surface area contributed by atoms with E-state index in [9.17, 15) is 9.18 Å². The molecule has 0 saturated heterocycles. The fourth-order valence-corrected chi connectivity index (χ4v) is 2.77. The first-order valence-corrected chi connectivity index (χ1v) is 7.27. The van der Waals surface area contributed by atoms with Crippen molar-refractivity contribution in [3.63, 3.8) is 0 Å². The molecule has 0 heterocycles. The number of nitrogens with zero attached hydrogens (tertiary/aromatic N) is 1. The van der Waals surface area contributed by atoms with Crippen molar-refractivity contribution in [2.45, 2.75) is 12.8 Å². The maximum absolute atomic E-state index is 14.5. The molecule has 0 aliphatic heterocycles. The Morgan fingerprint density at radius 1 is 1.04 bits per heavy atom. The Bertz CT molecular complexity index is 821. The highest BCUT2D eigenvalue weighted by atomic mass is 19.1. The van der Waals surface area contributed by atoms with Crippen LogP contribution in [0.2, 0.25) is 0 Å². The van der Waals surface area contributed by atoms with Crippen LogP contribution < -0.4 is 11.5 Å². The Morgan fingerprint density at radius 2 is 1.78 bits per heavy atom. The Hall–Kier alpha value is -2.95. The van der Waals surface area contributed by atoms with Crippen LogP contribution in [-0.2, 0) is 6.42 Å². The van der Waals surface area contributed by atoms with Crippen molar-refractivity contribution in [1.82, 2.24) is 0 Å². The van der Waals surface area contributed by atoms with Gasteiger partial charge in [0.2, 0.25) is 0 Å². The summed E-state index contributed by atoms with van der Waals surface area (Å²) in [5.74, 6) is -1.00. The maximum atomic E-state index is 14.5. The van der Waals surface area contributed by atoms with E-state index in [4.69, 9.17) is 11.5 Å². The lowest BCUT2D eigenvalue weighted by Gasteiger charge is -2.20. The third-order valence-electron chi connectivity index (χ3n) is 3.80. The predicted molar refractivity (Wildman–Crippen MR) is 88.5 cm³/mol. The summed E-state index contributed by atoms with van der Waals surface area (Å²) in [5, 5.41) is 0. The van der Waals surface area contributed by atoms with Crippen LogP contribution in [0, 0.1) is 0 Å². The molecule has 0 spiro atoms. The number of guanidine groups is 1. The van der Waals surface area contributed by atoms with E-state index >= 15 is 0 Å². The number of aryl methyl sites for hydroxylation is 1. The molecular formula is C18H16FN3O. The van der Waals surface area contributed by atoms with Crippen molar-refractivity contribution in [3.8, 4) is 0 Å². The van der Waals surface area contributed by atoms with E-state index in [0.29, 0.717) is 24.0 Å². The van der Waals surface area contributed by atoms with Crippen molar-refractivity contribution in [1.29, 1.82) is 0 Å². The monoisotopic (exact) mass is 309 g/mol. The van der Waals surface area contributed by atoms with Crippen molar-refractivity contribution < 1.29 is 9.18 Å². The fraction of sp³-hybridized carbons (Fsp3) is 0.111. The number of allylic oxidation sites excluding steroid dienone is 1.